The van der Waals surface area contributed by atoms with Crippen LogP contribution in [0, 0.1) is 15.9 Å². The van der Waals surface area contributed by atoms with Crippen LogP contribution in [0.15, 0.2) is 18.2 Å². The van der Waals surface area contributed by atoms with Crippen molar-refractivity contribution in [3.63, 3.8) is 0 Å². The predicted molar refractivity (Wildman–Crippen MR) is 69.5 cm³/mol. The quantitative estimate of drug-likeness (QED) is 0.609. The monoisotopic (exact) mass is 268 g/mol. The van der Waals surface area contributed by atoms with E-state index in [9.17, 15) is 19.3 Å². The largest absolute Gasteiger partial charge is 0.339 e. The summed E-state index contributed by atoms with van der Waals surface area (Å²) in [6.45, 7) is 3.91. The van der Waals surface area contributed by atoms with Crippen molar-refractivity contribution in [1.29, 1.82) is 0 Å². The normalized spacial score (nSPS) is 12.0. The van der Waals surface area contributed by atoms with Gasteiger partial charge in [-0.05, 0) is 25.5 Å². The summed E-state index contributed by atoms with van der Waals surface area (Å²) in [7, 11) is 1.64. The van der Waals surface area contributed by atoms with Gasteiger partial charge in [0.25, 0.3) is 5.91 Å². The topological polar surface area (TPSA) is 63.5 Å². The van der Waals surface area contributed by atoms with Crippen LogP contribution < -0.4 is 0 Å². The van der Waals surface area contributed by atoms with Crippen LogP contribution >= 0.6 is 0 Å². The van der Waals surface area contributed by atoms with E-state index in [1.54, 1.807) is 7.05 Å². The molecule has 0 spiro atoms. The molecule has 1 aromatic rings. The van der Waals surface area contributed by atoms with Crippen molar-refractivity contribution in [1.82, 2.24) is 4.90 Å². The summed E-state index contributed by atoms with van der Waals surface area (Å²) < 4.78 is 13.2. The number of rotatable bonds is 5. The minimum atomic E-state index is -0.939. The molecular formula is C13H17FN2O3. The summed E-state index contributed by atoms with van der Waals surface area (Å²) in [5.74, 6) is -1.28. The Morgan fingerprint density at radius 3 is 2.68 bits per heavy atom. The zero-order chi connectivity index (χ0) is 14.6. The first kappa shape index (κ1) is 15.1. The van der Waals surface area contributed by atoms with Gasteiger partial charge < -0.3 is 4.90 Å². The lowest BCUT2D eigenvalue weighted by Crippen LogP contribution is -2.35. The van der Waals surface area contributed by atoms with Crippen LogP contribution in [0.1, 0.15) is 37.0 Å². The number of nitro benzene ring substituents is 1. The minimum absolute atomic E-state index is 0.0293. The Hall–Kier alpha value is -1.98. The molecule has 1 amide bonds. The second kappa shape index (κ2) is 6.26. The SMILES string of the molecule is CCCC(C)N(C)C(=O)c1ccc(F)c([N+](=O)[O-])c1. The van der Waals surface area contributed by atoms with Gasteiger partial charge in [0.2, 0.25) is 5.82 Å². The van der Waals surface area contributed by atoms with Gasteiger partial charge in [0.05, 0.1) is 4.92 Å². The number of hydrogen-bond donors (Lipinski definition) is 0. The molecule has 0 fully saturated rings. The number of hydrogen-bond acceptors (Lipinski definition) is 3. The Morgan fingerprint density at radius 1 is 1.53 bits per heavy atom. The third-order valence-electron chi connectivity index (χ3n) is 3.08. The minimum Gasteiger partial charge on any atom is -0.339 e. The lowest BCUT2D eigenvalue weighted by atomic mass is 10.1. The van der Waals surface area contributed by atoms with E-state index in [1.165, 1.54) is 11.0 Å². The third-order valence-corrected chi connectivity index (χ3v) is 3.08. The fraction of sp³-hybridized carbons (Fsp3) is 0.462. The third kappa shape index (κ3) is 3.49. The summed E-state index contributed by atoms with van der Waals surface area (Å²) in [5.41, 5.74) is -0.555. The average Bonchev–Trinajstić information content (AvgIpc) is 2.37. The summed E-state index contributed by atoms with van der Waals surface area (Å²) in [4.78, 5) is 23.5. The molecule has 5 nitrogen and oxygen atoms in total. The molecule has 1 aromatic carbocycles. The standard InChI is InChI=1S/C13H17FN2O3/c1-4-5-9(2)15(3)13(17)10-6-7-11(14)12(8-10)16(18)19/h6-9H,4-5H2,1-3H3. The first-order valence-electron chi connectivity index (χ1n) is 6.09. The van der Waals surface area contributed by atoms with Crippen molar-refractivity contribution in [2.45, 2.75) is 32.7 Å². The second-order valence-electron chi connectivity index (χ2n) is 4.48. The van der Waals surface area contributed by atoms with Crippen molar-refractivity contribution in [2.75, 3.05) is 7.05 Å². The number of halogens is 1. The van der Waals surface area contributed by atoms with Crippen LogP contribution in [-0.4, -0.2) is 28.8 Å². The maximum Gasteiger partial charge on any atom is 0.305 e. The van der Waals surface area contributed by atoms with Gasteiger partial charge in [-0.3, -0.25) is 14.9 Å². The Labute approximate surface area is 111 Å². The number of amides is 1. The smallest absolute Gasteiger partial charge is 0.305 e. The van der Waals surface area contributed by atoms with E-state index in [1.807, 2.05) is 13.8 Å². The van der Waals surface area contributed by atoms with Gasteiger partial charge in [0.15, 0.2) is 0 Å². The molecule has 1 rings (SSSR count). The van der Waals surface area contributed by atoms with Crippen LogP contribution in [0.25, 0.3) is 0 Å². The van der Waals surface area contributed by atoms with Crippen molar-refractivity contribution in [3.05, 3.63) is 39.7 Å². The molecule has 0 radical (unpaired) electrons. The molecule has 0 N–H and O–H groups in total. The highest BCUT2D eigenvalue weighted by atomic mass is 19.1. The van der Waals surface area contributed by atoms with Gasteiger partial charge >= 0.3 is 5.69 Å². The highest BCUT2D eigenvalue weighted by Crippen LogP contribution is 2.20. The van der Waals surface area contributed by atoms with Crippen molar-refractivity contribution < 1.29 is 14.1 Å². The molecule has 1 atom stereocenters. The molecule has 19 heavy (non-hydrogen) atoms. The van der Waals surface area contributed by atoms with E-state index in [-0.39, 0.29) is 17.5 Å². The molecule has 0 heterocycles. The highest BCUT2D eigenvalue weighted by Gasteiger charge is 2.21. The van der Waals surface area contributed by atoms with Gasteiger partial charge in [0.1, 0.15) is 0 Å². The van der Waals surface area contributed by atoms with Gasteiger partial charge in [-0.15, -0.1) is 0 Å². The fourth-order valence-corrected chi connectivity index (χ4v) is 1.80. The zero-order valence-electron chi connectivity index (χ0n) is 11.2. The molecule has 0 aliphatic carbocycles. The number of nitrogens with zero attached hydrogens (tertiary/aromatic N) is 2. The van der Waals surface area contributed by atoms with Gasteiger partial charge in [-0.2, -0.15) is 4.39 Å². The van der Waals surface area contributed by atoms with Crippen molar-refractivity contribution >= 4 is 11.6 Å². The Bertz CT molecular complexity index is 491. The van der Waals surface area contributed by atoms with Crippen LogP contribution in [0.2, 0.25) is 0 Å². The first-order chi connectivity index (χ1) is 8.88. The predicted octanol–water partition coefficient (Wildman–Crippen LogP) is 2.99. The first-order valence-corrected chi connectivity index (χ1v) is 6.09. The van der Waals surface area contributed by atoms with E-state index in [0.29, 0.717) is 0 Å². The molecule has 0 bridgehead atoms. The summed E-state index contributed by atoms with van der Waals surface area (Å²) in [6, 6.07) is 3.22. The van der Waals surface area contributed by atoms with E-state index in [2.05, 4.69) is 0 Å². The Morgan fingerprint density at radius 2 is 2.16 bits per heavy atom. The van der Waals surface area contributed by atoms with E-state index < -0.39 is 16.4 Å². The number of carbonyl (C=O) groups excluding carboxylic acids is 1. The molecule has 0 aliphatic rings. The molecular weight excluding hydrogens is 251 g/mol. The molecule has 0 saturated heterocycles. The summed E-state index contributed by atoms with van der Waals surface area (Å²) in [5, 5.41) is 10.6. The van der Waals surface area contributed by atoms with Gasteiger partial charge in [-0.1, -0.05) is 13.3 Å². The zero-order valence-corrected chi connectivity index (χ0v) is 11.2. The van der Waals surface area contributed by atoms with Gasteiger partial charge in [0, 0.05) is 24.7 Å². The maximum atomic E-state index is 13.2. The van der Waals surface area contributed by atoms with Crippen molar-refractivity contribution in [2.24, 2.45) is 0 Å². The molecule has 0 aromatic heterocycles. The molecule has 6 heteroatoms. The van der Waals surface area contributed by atoms with Crippen LogP contribution in [0.5, 0.6) is 0 Å². The summed E-state index contributed by atoms with van der Waals surface area (Å²) in [6.07, 6.45) is 1.77. The van der Waals surface area contributed by atoms with E-state index >= 15 is 0 Å². The Balaban J connectivity index is 3.00. The average molecular weight is 268 g/mol. The number of carbonyl (C=O) groups is 1. The Kier molecular flexibility index (Phi) is 4.97. The van der Waals surface area contributed by atoms with Gasteiger partial charge in [-0.25, -0.2) is 0 Å². The van der Waals surface area contributed by atoms with E-state index in [0.717, 1.165) is 25.0 Å². The molecule has 0 aliphatic heterocycles. The fourth-order valence-electron chi connectivity index (χ4n) is 1.80. The lowest BCUT2D eigenvalue weighted by Gasteiger charge is -2.24. The number of nitro groups is 1. The molecule has 104 valence electrons. The van der Waals surface area contributed by atoms with Crippen LogP contribution in [-0.2, 0) is 0 Å². The van der Waals surface area contributed by atoms with Crippen LogP contribution in [0.4, 0.5) is 10.1 Å². The molecule has 0 saturated carbocycles. The highest BCUT2D eigenvalue weighted by molar-refractivity contribution is 5.94. The van der Waals surface area contributed by atoms with Crippen molar-refractivity contribution in [3.8, 4) is 0 Å². The number of benzene rings is 1. The maximum absolute atomic E-state index is 13.2. The van der Waals surface area contributed by atoms with E-state index in [4.69, 9.17) is 0 Å². The second-order valence-corrected chi connectivity index (χ2v) is 4.48. The lowest BCUT2D eigenvalue weighted by molar-refractivity contribution is -0.387. The van der Waals surface area contributed by atoms with Crippen LogP contribution in [0.3, 0.4) is 0 Å². The molecule has 1 unspecified atom stereocenters. The summed E-state index contributed by atoms with van der Waals surface area (Å²) >= 11 is 0.